The molecule has 0 saturated heterocycles. The van der Waals surface area contributed by atoms with E-state index in [1.54, 1.807) is 28.9 Å². The number of alkyl halides is 3. The molecule has 0 spiro atoms. The number of aliphatic hydroxyl groups is 1. The molecule has 5 nitrogen and oxygen atoms in total. The van der Waals surface area contributed by atoms with Crippen molar-refractivity contribution in [3.05, 3.63) is 76.2 Å². The average molecular weight is 607 g/mol. The molecule has 41 heavy (non-hydrogen) atoms. The van der Waals surface area contributed by atoms with Gasteiger partial charge in [0.2, 0.25) is 0 Å². The first-order valence-electron chi connectivity index (χ1n) is 13.7. The van der Waals surface area contributed by atoms with E-state index in [2.05, 4.69) is 43.4 Å². The van der Waals surface area contributed by atoms with Crippen molar-refractivity contribution in [2.75, 3.05) is 20.1 Å². The third-order valence-corrected chi connectivity index (χ3v) is 9.24. The fraction of sp³-hybridized carbons (Fsp3) is 0.452. The van der Waals surface area contributed by atoms with Gasteiger partial charge in [0.1, 0.15) is 0 Å². The van der Waals surface area contributed by atoms with Gasteiger partial charge >= 0.3 is 12.1 Å². The highest BCUT2D eigenvalue weighted by Crippen LogP contribution is 2.39. The molecule has 0 amide bonds. The molecule has 10 heteroatoms. The maximum absolute atomic E-state index is 13.8. The summed E-state index contributed by atoms with van der Waals surface area (Å²) in [5, 5.41) is 25.0. The molecule has 0 aliphatic heterocycles. The summed E-state index contributed by atoms with van der Waals surface area (Å²) in [5.74, 6) is -0.405. The number of fused-ring (bicyclic) bond motifs is 1. The molecule has 1 heterocycles. The van der Waals surface area contributed by atoms with Crippen LogP contribution in [-0.2, 0) is 30.2 Å². The quantitative estimate of drug-likeness (QED) is 0.184. The molecular formula is C31H37F3N2O3S2. The standard InChI is InChI=1S/C31H37F3N2O3S2/c1-30(2,17-20-12-22-6-4-5-7-23(22)13-20)35-18-26(37)19-36(3)41-27-15-24(14-25(16-27)31(32,33)34)29-21(10-11-40-29)8-9-28(38)39/h4-7,10-11,14-16,20,26,35,37H,8-9,12-13,17-19H2,1-3H3,(H,38,39)/t26-/m1/s1. The third kappa shape index (κ3) is 9.06. The molecule has 0 bridgehead atoms. The first-order chi connectivity index (χ1) is 19.3. The van der Waals surface area contributed by atoms with E-state index in [0.29, 0.717) is 33.4 Å². The summed E-state index contributed by atoms with van der Waals surface area (Å²) in [7, 11) is 1.75. The Morgan fingerprint density at radius 3 is 2.46 bits per heavy atom. The lowest BCUT2D eigenvalue weighted by Crippen LogP contribution is -2.46. The lowest BCUT2D eigenvalue weighted by Gasteiger charge is -2.31. The molecule has 0 saturated carbocycles. The van der Waals surface area contributed by atoms with Crippen molar-refractivity contribution in [3.8, 4) is 10.4 Å². The molecule has 2 aromatic carbocycles. The maximum Gasteiger partial charge on any atom is 0.416 e. The number of nitrogens with one attached hydrogen (secondary N) is 1. The van der Waals surface area contributed by atoms with Crippen LogP contribution in [0.15, 0.2) is 58.8 Å². The molecule has 0 unspecified atom stereocenters. The predicted molar refractivity (Wildman–Crippen MR) is 159 cm³/mol. The lowest BCUT2D eigenvalue weighted by molar-refractivity contribution is -0.138. The second-order valence-corrected chi connectivity index (χ2v) is 13.7. The first kappa shape index (κ1) is 31.6. The smallest absolute Gasteiger partial charge is 0.416 e. The average Bonchev–Trinajstić information content (AvgIpc) is 3.51. The molecule has 3 aromatic rings. The molecule has 222 valence electrons. The fourth-order valence-corrected chi connectivity index (χ4v) is 7.44. The van der Waals surface area contributed by atoms with Crippen LogP contribution in [0.2, 0.25) is 0 Å². The van der Waals surface area contributed by atoms with Gasteiger partial charge in [-0.15, -0.1) is 11.3 Å². The highest BCUT2D eigenvalue weighted by molar-refractivity contribution is 7.97. The van der Waals surface area contributed by atoms with E-state index < -0.39 is 23.8 Å². The van der Waals surface area contributed by atoms with Gasteiger partial charge in [-0.1, -0.05) is 24.3 Å². The Morgan fingerprint density at radius 2 is 1.83 bits per heavy atom. The minimum absolute atomic E-state index is 0.0932. The topological polar surface area (TPSA) is 72.8 Å². The van der Waals surface area contributed by atoms with E-state index in [0.717, 1.165) is 43.3 Å². The van der Waals surface area contributed by atoms with Gasteiger partial charge in [-0.3, -0.25) is 4.79 Å². The largest absolute Gasteiger partial charge is 0.481 e. The van der Waals surface area contributed by atoms with Crippen LogP contribution >= 0.6 is 23.3 Å². The molecule has 1 aliphatic carbocycles. The number of aliphatic carboxylic acids is 1. The van der Waals surface area contributed by atoms with E-state index in [1.807, 2.05) is 0 Å². The van der Waals surface area contributed by atoms with Crippen LogP contribution in [0.3, 0.4) is 0 Å². The number of nitrogens with zero attached hydrogens (tertiary/aromatic N) is 1. The van der Waals surface area contributed by atoms with Crippen molar-refractivity contribution in [3.63, 3.8) is 0 Å². The van der Waals surface area contributed by atoms with E-state index in [1.165, 1.54) is 22.5 Å². The van der Waals surface area contributed by atoms with Crippen LogP contribution in [-0.4, -0.2) is 52.3 Å². The SMILES string of the molecule is CN(C[C@H](O)CNC(C)(C)CC1Cc2ccccc2C1)Sc1cc(-c2sccc2CCC(=O)O)cc(C(F)(F)F)c1. The maximum atomic E-state index is 13.8. The number of hydrogen-bond acceptors (Lipinski definition) is 6. The number of likely N-dealkylation sites (N-methyl/N-ethyl adjacent to an activating group) is 1. The summed E-state index contributed by atoms with van der Waals surface area (Å²) in [6.07, 6.45) is -1.98. The number of aryl methyl sites for hydroxylation is 1. The molecule has 4 rings (SSSR count). The predicted octanol–water partition coefficient (Wildman–Crippen LogP) is 6.92. The Bertz CT molecular complexity index is 1320. The van der Waals surface area contributed by atoms with Crippen molar-refractivity contribution in [2.45, 2.75) is 68.7 Å². The zero-order chi connectivity index (χ0) is 29.8. The molecule has 0 radical (unpaired) electrons. The summed E-state index contributed by atoms with van der Waals surface area (Å²) >= 11 is 2.44. The second kappa shape index (κ2) is 13.3. The molecule has 0 fully saturated rings. The monoisotopic (exact) mass is 606 g/mol. The van der Waals surface area contributed by atoms with Crippen LogP contribution in [0.1, 0.15) is 48.9 Å². The van der Waals surface area contributed by atoms with Gasteiger partial charge in [0.05, 0.1) is 11.7 Å². The summed E-state index contributed by atoms with van der Waals surface area (Å²) in [6, 6.07) is 14.2. The van der Waals surface area contributed by atoms with E-state index in [9.17, 15) is 23.1 Å². The van der Waals surface area contributed by atoms with Crippen molar-refractivity contribution in [1.82, 2.24) is 9.62 Å². The van der Waals surface area contributed by atoms with E-state index in [-0.39, 0.29) is 24.9 Å². The number of carbonyl (C=O) groups is 1. The molecule has 1 atom stereocenters. The number of halogens is 3. The number of thiophene rings is 1. The Labute approximate surface area is 247 Å². The number of rotatable bonds is 13. The zero-order valence-corrected chi connectivity index (χ0v) is 25.1. The zero-order valence-electron chi connectivity index (χ0n) is 23.5. The molecule has 1 aliphatic rings. The van der Waals surface area contributed by atoms with Crippen LogP contribution in [0.5, 0.6) is 0 Å². The van der Waals surface area contributed by atoms with Gasteiger partial charge in [0.15, 0.2) is 0 Å². The summed E-state index contributed by atoms with van der Waals surface area (Å²) in [5.41, 5.74) is 3.02. The fourth-order valence-electron chi connectivity index (χ4n) is 5.53. The Kier molecular flexibility index (Phi) is 10.2. The van der Waals surface area contributed by atoms with E-state index >= 15 is 0 Å². The summed E-state index contributed by atoms with van der Waals surface area (Å²) in [6.45, 7) is 4.91. The Hall–Kier alpha value is -2.37. The minimum Gasteiger partial charge on any atom is -0.481 e. The Balaban J connectivity index is 1.35. The van der Waals surface area contributed by atoms with Gasteiger partial charge in [0.25, 0.3) is 0 Å². The van der Waals surface area contributed by atoms with Crippen molar-refractivity contribution >= 4 is 29.3 Å². The molecule has 1 aromatic heterocycles. The van der Waals surface area contributed by atoms with Crippen molar-refractivity contribution in [2.24, 2.45) is 5.92 Å². The van der Waals surface area contributed by atoms with Gasteiger partial charge < -0.3 is 15.5 Å². The van der Waals surface area contributed by atoms with Crippen LogP contribution < -0.4 is 5.32 Å². The number of aliphatic hydroxyl groups excluding tert-OH is 1. The minimum atomic E-state index is -4.53. The van der Waals surface area contributed by atoms with E-state index in [4.69, 9.17) is 5.11 Å². The van der Waals surface area contributed by atoms with Gasteiger partial charge in [-0.25, -0.2) is 4.31 Å². The second-order valence-electron chi connectivity index (χ2n) is 11.5. The van der Waals surface area contributed by atoms with Crippen molar-refractivity contribution in [1.29, 1.82) is 0 Å². The first-order valence-corrected chi connectivity index (χ1v) is 15.3. The number of carboxylic acids is 1. The third-order valence-electron chi connectivity index (χ3n) is 7.33. The van der Waals surface area contributed by atoms with Gasteiger partial charge in [-0.05, 0) is 116 Å². The van der Waals surface area contributed by atoms with Crippen molar-refractivity contribution < 1.29 is 28.2 Å². The highest BCUT2D eigenvalue weighted by atomic mass is 32.2. The number of β-amino-alcohol motifs (C(OH)–C–C–N with tert-alkyl or cyclic N) is 1. The van der Waals surface area contributed by atoms with Crippen LogP contribution in [0.4, 0.5) is 13.2 Å². The van der Waals surface area contributed by atoms with Gasteiger partial charge in [-0.2, -0.15) is 13.2 Å². The highest BCUT2D eigenvalue weighted by Gasteiger charge is 2.32. The number of hydrogen-bond donors (Lipinski definition) is 3. The number of carboxylic acid groups (broad SMARTS) is 1. The van der Waals surface area contributed by atoms with Crippen LogP contribution in [0.25, 0.3) is 10.4 Å². The molecule has 3 N–H and O–H groups in total. The number of benzene rings is 2. The summed E-state index contributed by atoms with van der Waals surface area (Å²) in [4.78, 5) is 12.1. The van der Waals surface area contributed by atoms with Gasteiger partial charge in [0, 0.05) is 34.8 Å². The Morgan fingerprint density at radius 1 is 1.15 bits per heavy atom. The van der Waals surface area contributed by atoms with Crippen LogP contribution in [0, 0.1) is 5.92 Å². The lowest BCUT2D eigenvalue weighted by atomic mass is 9.88. The summed E-state index contributed by atoms with van der Waals surface area (Å²) < 4.78 is 43.1. The molecular weight excluding hydrogens is 569 g/mol. The normalized spacial score (nSPS) is 14.9.